The van der Waals surface area contributed by atoms with Crippen LogP contribution in [0.5, 0.6) is 0 Å². The summed E-state index contributed by atoms with van der Waals surface area (Å²) in [5.41, 5.74) is 7.35. The van der Waals surface area contributed by atoms with Crippen LogP contribution in [0.3, 0.4) is 0 Å². The SMILES string of the molecule is NC(=O)C1CCCN1Cc1ccccc1NC(=O)/C=C/c1cc(Br)ccc1F. The molecule has 28 heavy (non-hydrogen) atoms. The molecule has 7 heteroatoms. The second-order valence-corrected chi connectivity index (χ2v) is 7.59. The third-order valence-electron chi connectivity index (χ3n) is 4.71. The fourth-order valence-electron chi connectivity index (χ4n) is 3.32. The van der Waals surface area contributed by atoms with E-state index in [9.17, 15) is 14.0 Å². The summed E-state index contributed by atoms with van der Waals surface area (Å²) < 4.78 is 14.5. The van der Waals surface area contributed by atoms with Gasteiger partial charge in [-0.05, 0) is 55.3 Å². The second kappa shape index (κ2) is 9.12. The normalized spacial score (nSPS) is 17.1. The highest BCUT2D eigenvalue weighted by molar-refractivity contribution is 9.10. The summed E-state index contributed by atoms with van der Waals surface area (Å²) in [4.78, 5) is 26.0. The lowest BCUT2D eigenvalue weighted by Crippen LogP contribution is -2.39. The molecule has 3 N–H and O–H groups in total. The largest absolute Gasteiger partial charge is 0.368 e. The summed E-state index contributed by atoms with van der Waals surface area (Å²) in [6.45, 7) is 1.31. The van der Waals surface area contributed by atoms with Gasteiger partial charge in [0.2, 0.25) is 11.8 Å². The van der Waals surface area contributed by atoms with Gasteiger partial charge in [-0.3, -0.25) is 14.5 Å². The first-order valence-corrected chi connectivity index (χ1v) is 9.79. The van der Waals surface area contributed by atoms with E-state index in [1.54, 1.807) is 18.2 Å². The third kappa shape index (κ3) is 5.05. The highest BCUT2D eigenvalue weighted by atomic mass is 79.9. The minimum Gasteiger partial charge on any atom is -0.368 e. The van der Waals surface area contributed by atoms with Crippen LogP contribution in [0.15, 0.2) is 53.0 Å². The van der Waals surface area contributed by atoms with Crippen LogP contribution < -0.4 is 11.1 Å². The van der Waals surface area contributed by atoms with Crippen LogP contribution in [0.4, 0.5) is 10.1 Å². The zero-order valence-electron chi connectivity index (χ0n) is 15.2. The topological polar surface area (TPSA) is 75.4 Å². The van der Waals surface area contributed by atoms with Crippen molar-refractivity contribution in [3.8, 4) is 0 Å². The molecule has 146 valence electrons. The lowest BCUT2D eigenvalue weighted by atomic mass is 10.1. The Kier molecular flexibility index (Phi) is 6.59. The van der Waals surface area contributed by atoms with Crippen molar-refractivity contribution in [2.24, 2.45) is 5.73 Å². The van der Waals surface area contributed by atoms with E-state index < -0.39 is 5.82 Å². The number of likely N-dealkylation sites (tertiary alicyclic amines) is 1. The molecule has 0 spiro atoms. The number of nitrogens with zero attached hydrogens (tertiary/aromatic N) is 1. The Morgan fingerprint density at radius 1 is 1.29 bits per heavy atom. The van der Waals surface area contributed by atoms with Gasteiger partial charge in [0.1, 0.15) is 5.82 Å². The number of rotatable bonds is 6. The minimum atomic E-state index is -0.404. The Hall–Kier alpha value is -2.51. The molecule has 0 aliphatic carbocycles. The molecular weight excluding hydrogens is 425 g/mol. The Labute approximate surface area is 171 Å². The number of amides is 2. The number of hydrogen-bond acceptors (Lipinski definition) is 3. The van der Waals surface area contributed by atoms with Gasteiger partial charge in [-0.25, -0.2) is 4.39 Å². The van der Waals surface area contributed by atoms with E-state index >= 15 is 0 Å². The van der Waals surface area contributed by atoms with E-state index in [1.807, 2.05) is 23.1 Å². The standard InChI is InChI=1S/C21H21BrFN3O2/c22-16-8-9-17(23)14(12-16)7-10-20(27)25-18-5-2-1-4-15(18)13-26-11-3-6-19(26)21(24)28/h1-2,4-5,7-10,12,19H,3,6,11,13H2,(H2,24,28)(H,25,27)/b10-7+. The number of carbonyl (C=O) groups excluding carboxylic acids is 2. The molecule has 1 atom stereocenters. The number of benzene rings is 2. The zero-order chi connectivity index (χ0) is 20.1. The van der Waals surface area contributed by atoms with Crippen LogP contribution in [-0.2, 0) is 16.1 Å². The quantitative estimate of drug-likeness (QED) is 0.665. The van der Waals surface area contributed by atoms with Crippen molar-refractivity contribution in [3.05, 3.63) is 70.0 Å². The molecule has 0 saturated carbocycles. The Balaban J connectivity index is 1.71. The Morgan fingerprint density at radius 3 is 2.86 bits per heavy atom. The van der Waals surface area contributed by atoms with Crippen molar-refractivity contribution >= 4 is 39.5 Å². The number of primary amides is 1. The third-order valence-corrected chi connectivity index (χ3v) is 5.21. The summed E-state index contributed by atoms with van der Waals surface area (Å²) in [6, 6.07) is 11.7. The number of anilines is 1. The molecule has 1 aliphatic heterocycles. The fraction of sp³-hybridized carbons (Fsp3) is 0.238. The van der Waals surface area contributed by atoms with Gasteiger partial charge in [0.25, 0.3) is 0 Å². The molecule has 0 radical (unpaired) electrons. The summed E-state index contributed by atoms with van der Waals surface area (Å²) in [6.07, 6.45) is 4.40. The van der Waals surface area contributed by atoms with E-state index in [0.717, 1.165) is 29.4 Å². The van der Waals surface area contributed by atoms with Crippen LogP contribution in [0.2, 0.25) is 0 Å². The molecule has 2 aromatic rings. The van der Waals surface area contributed by atoms with Crippen molar-refractivity contribution in [2.45, 2.75) is 25.4 Å². The lowest BCUT2D eigenvalue weighted by molar-refractivity contribution is -0.122. The minimum absolute atomic E-state index is 0.275. The molecule has 3 rings (SSSR count). The molecule has 1 unspecified atom stereocenters. The smallest absolute Gasteiger partial charge is 0.248 e. The first kappa shape index (κ1) is 20.2. The summed E-state index contributed by atoms with van der Waals surface area (Å²) in [5, 5.41) is 2.83. The highest BCUT2D eigenvalue weighted by Crippen LogP contribution is 2.24. The second-order valence-electron chi connectivity index (χ2n) is 6.68. The maximum atomic E-state index is 13.8. The molecule has 1 fully saturated rings. The van der Waals surface area contributed by atoms with Crippen molar-refractivity contribution in [1.82, 2.24) is 4.90 Å². The van der Waals surface area contributed by atoms with Crippen molar-refractivity contribution in [2.75, 3.05) is 11.9 Å². The zero-order valence-corrected chi connectivity index (χ0v) is 16.8. The number of nitrogens with one attached hydrogen (secondary N) is 1. The van der Waals surface area contributed by atoms with Crippen molar-refractivity contribution in [1.29, 1.82) is 0 Å². The number of carbonyl (C=O) groups is 2. The summed E-state index contributed by atoms with van der Waals surface area (Å²) in [7, 11) is 0. The van der Waals surface area contributed by atoms with Crippen LogP contribution >= 0.6 is 15.9 Å². The summed E-state index contributed by atoms with van der Waals surface area (Å²) in [5.74, 6) is -1.09. The van der Waals surface area contributed by atoms with Gasteiger partial charge in [-0.2, -0.15) is 0 Å². The number of nitrogens with two attached hydrogens (primary N) is 1. The monoisotopic (exact) mass is 445 g/mol. The summed E-state index contributed by atoms with van der Waals surface area (Å²) >= 11 is 3.28. The maximum absolute atomic E-state index is 13.8. The molecule has 0 bridgehead atoms. The van der Waals surface area contributed by atoms with Crippen LogP contribution in [-0.4, -0.2) is 29.3 Å². The van der Waals surface area contributed by atoms with E-state index in [-0.39, 0.29) is 17.9 Å². The molecule has 2 aromatic carbocycles. The lowest BCUT2D eigenvalue weighted by Gasteiger charge is -2.23. The van der Waals surface area contributed by atoms with Crippen molar-refractivity contribution < 1.29 is 14.0 Å². The number of halogens is 2. The first-order valence-electron chi connectivity index (χ1n) is 8.99. The van der Waals surface area contributed by atoms with E-state index in [4.69, 9.17) is 5.73 Å². The Bertz CT molecular complexity index is 916. The molecule has 1 aliphatic rings. The molecule has 5 nitrogen and oxygen atoms in total. The van der Waals surface area contributed by atoms with Gasteiger partial charge < -0.3 is 11.1 Å². The molecule has 0 aromatic heterocycles. The van der Waals surface area contributed by atoms with Gasteiger partial charge in [0, 0.05) is 28.3 Å². The van der Waals surface area contributed by atoms with Gasteiger partial charge >= 0.3 is 0 Å². The molecule has 1 heterocycles. The van der Waals surface area contributed by atoms with E-state index in [0.29, 0.717) is 17.8 Å². The predicted octanol–water partition coefficient (Wildman–Crippen LogP) is 3.69. The average molecular weight is 446 g/mol. The van der Waals surface area contributed by atoms with Gasteiger partial charge in [-0.15, -0.1) is 0 Å². The average Bonchev–Trinajstić information content (AvgIpc) is 3.12. The predicted molar refractivity (Wildman–Crippen MR) is 111 cm³/mol. The van der Waals surface area contributed by atoms with E-state index in [1.165, 1.54) is 18.2 Å². The highest BCUT2D eigenvalue weighted by Gasteiger charge is 2.29. The van der Waals surface area contributed by atoms with Crippen LogP contribution in [0.1, 0.15) is 24.0 Å². The number of hydrogen-bond donors (Lipinski definition) is 2. The van der Waals surface area contributed by atoms with Crippen molar-refractivity contribution in [3.63, 3.8) is 0 Å². The van der Waals surface area contributed by atoms with E-state index in [2.05, 4.69) is 21.2 Å². The Morgan fingerprint density at radius 2 is 2.07 bits per heavy atom. The first-order chi connectivity index (χ1) is 13.4. The maximum Gasteiger partial charge on any atom is 0.248 e. The van der Waals surface area contributed by atoms with Gasteiger partial charge in [0.05, 0.1) is 6.04 Å². The van der Waals surface area contributed by atoms with Gasteiger partial charge in [-0.1, -0.05) is 34.1 Å². The fourth-order valence-corrected chi connectivity index (χ4v) is 3.70. The van der Waals surface area contributed by atoms with Crippen LogP contribution in [0, 0.1) is 5.82 Å². The van der Waals surface area contributed by atoms with Gasteiger partial charge in [0.15, 0.2) is 0 Å². The van der Waals surface area contributed by atoms with Crippen LogP contribution in [0.25, 0.3) is 6.08 Å². The molecular formula is C21H21BrFN3O2. The number of para-hydroxylation sites is 1. The molecule has 1 saturated heterocycles. The molecule has 2 amide bonds.